The number of hydrogen-bond donors (Lipinski definition) is 2. The van der Waals surface area contributed by atoms with Gasteiger partial charge in [0.25, 0.3) is 5.91 Å². The van der Waals surface area contributed by atoms with Crippen LogP contribution < -0.4 is 15.4 Å². The Morgan fingerprint density at radius 1 is 1.05 bits per heavy atom. The zero-order valence-electron chi connectivity index (χ0n) is 21.7. The third-order valence-corrected chi connectivity index (χ3v) is 6.77. The molecule has 0 spiro atoms. The Morgan fingerprint density at radius 3 is 2.68 bits per heavy atom. The highest BCUT2D eigenvalue weighted by atomic mass is 16.5. The fraction of sp³-hybridized carbons (Fsp3) is 0.345. The highest BCUT2D eigenvalue weighted by molar-refractivity contribution is 5.92. The lowest BCUT2D eigenvalue weighted by molar-refractivity contribution is 0.0944. The van der Waals surface area contributed by atoms with Crippen molar-refractivity contribution in [1.82, 2.24) is 24.8 Å². The number of rotatable bonds is 9. The van der Waals surface area contributed by atoms with E-state index in [-0.39, 0.29) is 5.91 Å². The van der Waals surface area contributed by atoms with Crippen molar-refractivity contribution in [3.05, 3.63) is 72.1 Å². The zero-order chi connectivity index (χ0) is 25.8. The number of aryl methyl sites for hydroxylation is 1. The summed E-state index contributed by atoms with van der Waals surface area (Å²) in [7, 11) is 1.99. The summed E-state index contributed by atoms with van der Waals surface area (Å²) in [5.74, 6) is 2.22. The molecule has 0 atom stereocenters. The zero-order valence-corrected chi connectivity index (χ0v) is 21.7. The molecular weight excluding hydrogens is 464 g/mol. The molecule has 3 heterocycles. The molecule has 1 amide bonds. The molecule has 0 radical (unpaired) electrons. The van der Waals surface area contributed by atoms with Crippen LogP contribution in [0.3, 0.4) is 0 Å². The molecule has 0 saturated carbocycles. The van der Waals surface area contributed by atoms with E-state index in [2.05, 4.69) is 52.6 Å². The van der Waals surface area contributed by atoms with Gasteiger partial charge in [-0.25, -0.2) is 4.98 Å². The Hall–Kier alpha value is -3.91. The maximum Gasteiger partial charge on any atom is 0.270 e. The quantitative estimate of drug-likeness (QED) is 0.319. The number of anilines is 2. The molecule has 2 aromatic heterocycles. The first-order chi connectivity index (χ1) is 18.0. The number of ether oxygens (including phenoxy) is 1. The van der Waals surface area contributed by atoms with Gasteiger partial charge in [-0.2, -0.15) is 0 Å². The van der Waals surface area contributed by atoms with Gasteiger partial charge in [0.15, 0.2) is 0 Å². The summed E-state index contributed by atoms with van der Waals surface area (Å²) in [6.07, 6.45) is 4.07. The van der Waals surface area contributed by atoms with Gasteiger partial charge in [0.1, 0.15) is 17.2 Å². The number of benzene rings is 2. The first-order valence-corrected chi connectivity index (χ1v) is 12.9. The van der Waals surface area contributed by atoms with Gasteiger partial charge in [0.2, 0.25) is 5.95 Å². The van der Waals surface area contributed by atoms with Crippen LogP contribution >= 0.6 is 0 Å². The van der Waals surface area contributed by atoms with E-state index in [9.17, 15) is 4.79 Å². The molecule has 4 aromatic rings. The van der Waals surface area contributed by atoms with E-state index in [1.807, 2.05) is 35.9 Å². The Kier molecular flexibility index (Phi) is 7.37. The normalized spacial score (nSPS) is 13.8. The van der Waals surface area contributed by atoms with E-state index in [0.29, 0.717) is 29.7 Å². The molecule has 0 bridgehead atoms. The van der Waals surface area contributed by atoms with Gasteiger partial charge >= 0.3 is 0 Å². The highest BCUT2D eigenvalue weighted by Crippen LogP contribution is 2.29. The van der Waals surface area contributed by atoms with Crippen LogP contribution in [-0.2, 0) is 7.05 Å². The van der Waals surface area contributed by atoms with Crippen molar-refractivity contribution in [3.63, 3.8) is 0 Å². The molecule has 1 fully saturated rings. The Balaban J connectivity index is 1.26. The number of likely N-dealkylation sites (tertiary alicyclic amines) is 1. The minimum Gasteiger partial charge on any atom is -0.457 e. The SMILES string of the molecule is CC(C)c1cccc(Nc2nc3cc(Oc4ccnc(C(=O)NCCN5CCCC5)c4)ccc3n2C)c1. The molecule has 5 rings (SSSR count). The standard InChI is InChI=1S/C29H34N6O2/c1-20(2)21-7-6-8-22(17-21)32-29-33-25-18-23(9-10-27(25)34(29)3)37-24-11-12-30-26(19-24)28(36)31-13-16-35-14-4-5-15-35/h6-12,17-20H,4-5,13-16H2,1-3H3,(H,31,36)(H,32,33). The lowest BCUT2D eigenvalue weighted by atomic mass is 10.0. The van der Waals surface area contributed by atoms with Crippen LogP contribution in [0.4, 0.5) is 11.6 Å². The summed E-state index contributed by atoms with van der Waals surface area (Å²) in [4.78, 5) is 24.0. The van der Waals surface area contributed by atoms with Crippen molar-refractivity contribution in [2.24, 2.45) is 7.05 Å². The number of pyridine rings is 1. The number of nitrogens with one attached hydrogen (secondary N) is 2. The van der Waals surface area contributed by atoms with Crippen LogP contribution in [0.2, 0.25) is 0 Å². The third kappa shape index (κ3) is 5.91. The van der Waals surface area contributed by atoms with Gasteiger partial charge in [-0.15, -0.1) is 0 Å². The van der Waals surface area contributed by atoms with Crippen molar-refractivity contribution in [1.29, 1.82) is 0 Å². The topological polar surface area (TPSA) is 84.3 Å². The maximum absolute atomic E-state index is 12.6. The first-order valence-electron chi connectivity index (χ1n) is 12.9. The predicted octanol–water partition coefficient (Wildman–Crippen LogP) is 5.45. The molecule has 8 nitrogen and oxygen atoms in total. The van der Waals surface area contributed by atoms with E-state index in [0.717, 1.165) is 42.3 Å². The summed E-state index contributed by atoms with van der Waals surface area (Å²) in [5.41, 5.74) is 4.42. The van der Waals surface area contributed by atoms with Crippen LogP contribution in [0.1, 0.15) is 48.7 Å². The Bertz CT molecular complexity index is 1390. The van der Waals surface area contributed by atoms with E-state index >= 15 is 0 Å². The minimum absolute atomic E-state index is 0.193. The van der Waals surface area contributed by atoms with Gasteiger partial charge in [0.05, 0.1) is 11.0 Å². The largest absolute Gasteiger partial charge is 0.457 e. The minimum atomic E-state index is -0.193. The molecular formula is C29H34N6O2. The number of carbonyl (C=O) groups is 1. The second kappa shape index (κ2) is 11.0. The van der Waals surface area contributed by atoms with Crippen molar-refractivity contribution >= 4 is 28.6 Å². The summed E-state index contributed by atoms with van der Waals surface area (Å²) < 4.78 is 8.10. The summed E-state index contributed by atoms with van der Waals surface area (Å²) in [6.45, 7) is 8.07. The Labute approximate surface area is 217 Å². The monoisotopic (exact) mass is 498 g/mol. The lowest BCUT2D eigenvalue weighted by Crippen LogP contribution is -2.33. The van der Waals surface area contributed by atoms with Crippen LogP contribution in [0.15, 0.2) is 60.8 Å². The summed E-state index contributed by atoms with van der Waals surface area (Å²) in [6, 6.07) is 17.6. The van der Waals surface area contributed by atoms with E-state index in [1.165, 1.54) is 18.4 Å². The van der Waals surface area contributed by atoms with E-state index < -0.39 is 0 Å². The van der Waals surface area contributed by atoms with Gasteiger partial charge in [-0.1, -0.05) is 26.0 Å². The highest BCUT2D eigenvalue weighted by Gasteiger charge is 2.14. The Morgan fingerprint density at radius 2 is 1.86 bits per heavy atom. The smallest absolute Gasteiger partial charge is 0.270 e. The average Bonchev–Trinajstić information content (AvgIpc) is 3.52. The molecule has 192 valence electrons. The molecule has 1 aliphatic rings. The second-order valence-corrected chi connectivity index (χ2v) is 9.83. The number of hydrogen-bond acceptors (Lipinski definition) is 6. The molecule has 8 heteroatoms. The van der Waals surface area contributed by atoms with Gasteiger partial charge in [-0.3, -0.25) is 9.78 Å². The van der Waals surface area contributed by atoms with Crippen LogP contribution in [0.5, 0.6) is 11.5 Å². The van der Waals surface area contributed by atoms with Crippen LogP contribution in [0, 0.1) is 0 Å². The number of carbonyl (C=O) groups excluding carboxylic acids is 1. The van der Waals surface area contributed by atoms with Gasteiger partial charge < -0.3 is 24.8 Å². The number of imidazole rings is 1. The molecule has 1 aliphatic heterocycles. The maximum atomic E-state index is 12.6. The third-order valence-electron chi connectivity index (χ3n) is 6.77. The van der Waals surface area contributed by atoms with Crippen molar-refractivity contribution in [3.8, 4) is 11.5 Å². The molecule has 2 N–H and O–H groups in total. The molecule has 0 aliphatic carbocycles. The van der Waals surface area contributed by atoms with Crippen LogP contribution in [-0.4, -0.2) is 51.5 Å². The molecule has 37 heavy (non-hydrogen) atoms. The van der Waals surface area contributed by atoms with E-state index in [1.54, 1.807) is 18.3 Å². The van der Waals surface area contributed by atoms with Crippen molar-refractivity contribution in [2.75, 3.05) is 31.5 Å². The summed E-state index contributed by atoms with van der Waals surface area (Å²) in [5, 5.41) is 6.40. The fourth-order valence-electron chi connectivity index (χ4n) is 4.62. The van der Waals surface area contributed by atoms with Crippen molar-refractivity contribution < 1.29 is 9.53 Å². The van der Waals surface area contributed by atoms with Gasteiger partial charge in [-0.05, 0) is 67.7 Å². The summed E-state index contributed by atoms with van der Waals surface area (Å²) >= 11 is 0. The second-order valence-electron chi connectivity index (χ2n) is 9.83. The van der Waals surface area contributed by atoms with Crippen LogP contribution in [0.25, 0.3) is 11.0 Å². The van der Waals surface area contributed by atoms with E-state index in [4.69, 9.17) is 9.72 Å². The first kappa shape index (κ1) is 24.8. The predicted molar refractivity (Wildman–Crippen MR) is 147 cm³/mol. The average molecular weight is 499 g/mol. The lowest BCUT2D eigenvalue weighted by Gasteiger charge is -2.14. The molecule has 1 saturated heterocycles. The number of amides is 1. The number of nitrogens with zero attached hydrogens (tertiary/aromatic N) is 4. The molecule has 2 aromatic carbocycles. The van der Waals surface area contributed by atoms with Gasteiger partial charge in [0, 0.05) is 44.2 Å². The molecule has 0 unspecified atom stereocenters. The van der Waals surface area contributed by atoms with Crippen molar-refractivity contribution in [2.45, 2.75) is 32.6 Å². The number of fused-ring (bicyclic) bond motifs is 1. The number of aromatic nitrogens is 3. The fourth-order valence-corrected chi connectivity index (χ4v) is 4.62.